The van der Waals surface area contributed by atoms with Crippen LogP contribution < -0.4 is 5.32 Å². The molecule has 1 aliphatic carbocycles. The number of rotatable bonds is 5. The number of benzene rings is 1. The van der Waals surface area contributed by atoms with Gasteiger partial charge in [0.2, 0.25) is 5.91 Å². The van der Waals surface area contributed by atoms with Crippen molar-refractivity contribution < 1.29 is 4.79 Å². The van der Waals surface area contributed by atoms with Gasteiger partial charge in [0.15, 0.2) is 0 Å². The van der Waals surface area contributed by atoms with E-state index >= 15 is 0 Å². The number of aryl methyl sites for hydroxylation is 2. The van der Waals surface area contributed by atoms with Crippen LogP contribution in [0.5, 0.6) is 0 Å². The summed E-state index contributed by atoms with van der Waals surface area (Å²) in [6.07, 6.45) is 4.66. The maximum atomic E-state index is 12.4. The Hall–Kier alpha value is -2.36. The molecule has 2 heterocycles. The van der Waals surface area contributed by atoms with Gasteiger partial charge >= 0.3 is 0 Å². The Labute approximate surface area is 173 Å². The number of carbonyl (C=O) groups is 1. The van der Waals surface area contributed by atoms with E-state index in [1.165, 1.54) is 16.9 Å². The summed E-state index contributed by atoms with van der Waals surface area (Å²) in [5.74, 6) is 0.615. The maximum Gasteiger partial charge on any atom is 0.225 e. The number of para-hydroxylation sites is 1. The van der Waals surface area contributed by atoms with Gasteiger partial charge in [0.05, 0.1) is 16.1 Å². The predicted octanol–water partition coefficient (Wildman–Crippen LogP) is 5.48. The minimum Gasteiger partial charge on any atom is -0.317 e. The molecule has 0 saturated carbocycles. The van der Waals surface area contributed by atoms with Crippen molar-refractivity contribution in [2.45, 2.75) is 44.1 Å². The summed E-state index contributed by atoms with van der Waals surface area (Å²) in [7, 11) is 0. The molecule has 0 saturated heterocycles. The average molecular weight is 408 g/mol. The molecule has 1 N–H and O–H groups in total. The summed E-state index contributed by atoms with van der Waals surface area (Å²) in [4.78, 5) is 18.4. The van der Waals surface area contributed by atoms with E-state index in [0.717, 1.165) is 45.8 Å². The Bertz CT molecular complexity index is 1080. The highest BCUT2D eigenvalue weighted by atomic mass is 32.2. The van der Waals surface area contributed by atoms with Gasteiger partial charge in [-0.1, -0.05) is 18.2 Å². The first-order valence-electron chi connectivity index (χ1n) is 9.49. The van der Waals surface area contributed by atoms with Crippen molar-refractivity contribution in [3.63, 3.8) is 0 Å². The molecule has 1 aromatic carbocycles. The highest BCUT2D eigenvalue weighted by Gasteiger charge is 2.21. The molecule has 4 rings (SSSR count). The molecule has 0 unspecified atom stereocenters. The van der Waals surface area contributed by atoms with Crippen molar-refractivity contribution in [3.05, 3.63) is 51.9 Å². The lowest BCUT2D eigenvalue weighted by Gasteiger charge is -2.09. The lowest BCUT2D eigenvalue weighted by Crippen LogP contribution is -2.12. The lowest BCUT2D eigenvalue weighted by molar-refractivity contribution is -0.115. The SMILES string of the molecule is Cc1cc(SCCC(=O)Nc2sc3c(c2C#N)CCCC3)nc2ccccc12. The zero-order valence-electron chi connectivity index (χ0n) is 15.7. The van der Waals surface area contributed by atoms with Gasteiger partial charge in [-0.15, -0.1) is 23.1 Å². The van der Waals surface area contributed by atoms with Crippen LogP contribution in [0.1, 0.15) is 40.8 Å². The van der Waals surface area contributed by atoms with E-state index in [4.69, 9.17) is 0 Å². The summed E-state index contributed by atoms with van der Waals surface area (Å²) in [6, 6.07) is 12.5. The zero-order chi connectivity index (χ0) is 19.5. The topological polar surface area (TPSA) is 65.8 Å². The van der Waals surface area contributed by atoms with Gasteiger partial charge in [0.1, 0.15) is 11.1 Å². The van der Waals surface area contributed by atoms with Gasteiger partial charge in [0.25, 0.3) is 0 Å². The molecule has 1 aliphatic rings. The van der Waals surface area contributed by atoms with Gasteiger partial charge < -0.3 is 5.32 Å². The van der Waals surface area contributed by atoms with Crippen LogP contribution in [0.3, 0.4) is 0 Å². The molecular weight excluding hydrogens is 386 g/mol. The van der Waals surface area contributed by atoms with Gasteiger partial charge in [-0.2, -0.15) is 5.26 Å². The second-order valence-electron chi connectivity index (χ2n) is 6.97. The molecule has 0 aliphatic heterocycles. The third-order valence-electron chi connectivity index (χ3n) is 5.01. The van der Waals surface area contributed by atoms with Crippen LogP contribution in [0.2, 0.25) is 0 Å². The third-order valence-corrected chi connectivity index (χ3v) is 7.14. The minimum absolute atomic E-state index is 0.0416. The van der Waals surface area contributed by atoms with Gasteiger partial charge in [-0.25, -0.2) is 4.98 Å². The molecule has 2 aromatic heterocycles. The molecular formula is C22H21N3OS2. The predicted molar refractivity (Wildman–Crippen MR) is 116 cm³/mol. The fourth-order valence-corrected chi connectivity index (χ4v) is 5.78. The maximum absolute atomic E-state index is 12.4. The Balaban J connectivity index is 1.38. The smallest absolute Gasteiger partial charge is 0.225 e. The number of anilines is 1. The summed E-state index contributed by atoms with van der Waals surface area (Å²) < 4.78 is 0. The number of amides is 1. The number of pyridine rings is 1. The number of nitrogens with one attached hydrogen (secondary N) is 1. The number of aromatic nitrogens is 1. The van der Waals surface area contributed by atoms with Gasteiger partial charge in [0, 0.05) is 22.4 Å². The standard InChI is InChI=1S/C22H21N3OS2/c1-14-12-21(24-18-8-4-2-6-15(14)18)27-11-10-20(26)25-22-17(13-23)16-7-3-5-9-19(16)28-22/h2,4,6,8,12H,3,5,7,9-11H2,1H3,(H,25,26). The molecule has 3 aromatic rings. The highest BCUT2D eigenvalue weighted by Crippen LogP contribution is 2.37. The monoisotopic (exact) mass is 407 g/mol. The molecule has 1 amide bonds. The number of fused-ring (bicyclic) bond motifs is 2. The van der Waals surface area contributed by atoms with Crippen LogP contribution in [0, 0.1) is 18.3 Å². The van der Waals surface area contributed by atoms with E-state index in [1.54, 1.807) is 23.1 Å². The fourth-order valence-electron chi connectivity index (χ4n) is 3.60. The van der Waals surface area contributed by atoms with Crippen LogP contribution >= 0.6 is 23.1 Å². The van der Waals surface area contributed by atoms with Crippen molar-refractivity contribution in [3.8, 4) is 6.07 Å². The third kappa shape index (κ3) is 3.91. The van der Waals surface area contributed by atoms with Crippen molar-refractivity contribution in [2.75, 3.05) is 11.1 Å². The van der Waals surface area contributed by atoms with Crippen LogP contribution in [-0.4, -0.2) is 16.6 Å². The molecule has 4 nitrogen and oxygen atoms in total. The summed E-state index contributed by atoms with van der Waals surface area (Å²) in [5.41, 5.74) is 4.00. The van der Waals surface area contributed by atoms with E-state index in [9.17, 15) is 10.1 Å². The van der Waals surface area contributed by atoms with Crippen LogP contribution in [0.4, 0.5) is 5.00 Å². The number of nitrogens with zero attached hydrogens (tertiary/aromatic N) is 2. The first kappa shape index (κ1) is 19.0. The summed E-state index contributed by atoms with van der Waals surface area (Å²) >= 11 is 3.17. The number of hydrogen-bond acceptors (Lipinski definition) is 5. The number of nitriles is 1. The van der Waals surface area contributed by atoms with E-state index in [0.29, 0.717) is 17.7 Å². The van der Waals surface area contributed by atoms with E-state index < -0.39 is 0 Å². The first-order valence-corrected chi connectivity index (χ1v) is 11.3. The Kier molecular flexibility index (Phi) is 5.65. The molecule has 0 radical (unpaired) electrons. The molecule has 142 valence electrons. The second-order valence-corrected chi connectivity index (χ2v) is 9.19. The number of thiophene rings is 1. The molecule has 0 bridgehead atoms. The number of carbonyl (C=O) groups excluding carboxylic acids is 1. The van der Waals surface area contributed by atoms with Crippen LogP contribution in [0.15, 0.2) is 35.4 Å². The molecule has 0 spiro atoms. The van der Waals surface area contributed by atoms with Crippen molar-refractivity contribution in [1.82, 2.24) is 4.98 Å². The normalized spacial score (nSPS) is 13.1. The van der Waals surface area contributed by atoms with Gasteiger partial charge in [-0.05, 0) is 55.9 Å². The average Bonchev–Trinajstić information content (AvgIpc) is 3.05. The molecule has 0 fully saturated rings. The van der Waals surface area contributed by atoms with Crippen molar-refractivity contribution >= 4 is 44.9 Å². The second kappa shape index (κ2) is 8.34. The molecule has 28 heavy (non-hydrogen) atoms. The largest absolute Gasteiger partial charge is 0.317 e. The van der Waals surface area contributed by atoms with Gasteiger partial charge in [-0.3, -0.25) is 4.79 Å². The zero-order valence-corrected chi connectivity index (χ0v) is 17.4. The van der Waals surface area contributed by atoms with E-state index in [2.05, 4.69) is 35.4 Å². The molecule has 6 heteroatoms. The fraction of sp³-hybridized carbons (Fsp3) is 0.318. The Morgan fingerprint density at radius 1 is 1.32 bits per heavy atom. The number of hydrogen-bond donors (Lipinski definition) is 1. The van der Waals surface area contributed by atoms with Crippen molar-refractivity contribution in [1.29, 1.82) is 5.26 Å². The van der Waals surface area contributed by atoms with Crippen LogP contribution in [0.25, 0.3) is 10.9 Å². The minimum atomic E-state index is -0.0416. The molecule has 0 atom stereocenters. The van der Waals surface area contributed by atoms with E-state index in [1.807, 2.05) is 18.2 Å². The highest BCUT2D eigenvalue weighted by molar-refractivity contribution is 7.99. The van der Waals surface area contributed by atoms with E-state index in [-0.39, 0.29) is 5.91 Å². The number of thioether (sulfide) groups is 1. The Morgan fingerprint density at radius 3 is 3.00 bits per heavy atom. The lowest BCUT2D eigenvalue weighted by atomic mass is 9.96. The quantitative estimate of drug-likeness (QED) is 0.569. The summed E-state index contributed by atoms with van der Waals surface area (Å²) in [5, 5.41) is 15.3. The van der Waals surface area contributed by atoms with Crippen LogP contribution in [-0.2, 0) is 17.6 Å². The van der Waals surface area contributed by atoms with Crippen molar-refractivity contribution in [2.24, 2.45) is 0 Å². The first-order chi connectivity index (χ1) is 13.7. The Morgan fingerprint density at radius 2 is 2.14 bits per heavy atom. The summed E-state index contributed by atoms with van der Waals surface area (Å²) in [6.45, 7) is 2.09.